The third-order valence-electron chi connectivity index (χ3n) is 4.96. The Morgan fingerprint density at radius 2 is 2.12 bits per heavy atom. The number of benzene rings is 1. The number of nitrogens with one attached hydrogen (secondary N) is 1. The molecule has 1 aliphatic rings. The van der Waals surface area contributed by atoms with Gasteiger partial charge in [0.2, 0.25) is 0 Å². The molecule has 6 nitrogen and oxygen atoms in total. The van der Waals surface area contributed by atoms with Crippen LogP contribution in [0.2, 0.25) is 0 Å². The van der Waals surface area contributed by atoms with Crippen molar-refractivity contribution >= 4 is 5.69 Å². The van der Waals surface area contributed by atoms with Crippen LogP contribution in [-0.2, 0) is 6.54 Å². The van der Waals surface area contributed by atoms with Gasteiger partial charge in [-0.15, -0.1) is 0 Å². The van der Waals surface area contributed by atoms with E-state index in [4.69, 9.17) is 4.42 Å². The van der Waals surface area contributed by atoms with Crippen molar-refractivity contribution in [1.82, 2.24) is 20.1 Å². The highest BCUT2D eigenvalue weighted by molar-refractivity contribution is 5.64. The molecule has 4 rings (SSSR count). The summed E-state index contributed by atoms with van der Waals surface area (Å²) in [5.41, 5.74) is 2.40. The number of furan rings is 1. The van der Waals surface area contributed by atoms with E-state index in [1.54, 1.807) is 18.9 Å². The van der Waals surface area contributed by atoms with Gasteiger partial charge in [0.1, 0.15) is 18.4 Å². The van der Waals surface area contributed by atoms with Gasteiger partial charge in [0.15, 0.2) is 0 Å². The van der Waals surface area contributed by atoms with Crippen molar-refractivity contribution in [2.75, 3.05) is 18.0 Å². The second-order valence-corrected chi connectivity index (χ2v) is 6.97. The first-order valence-electron chi connectivity index (χ1n) is 9.25. The minimum atomic E-state index is 0.385. The molecule has 136 valence electrons. The van der Waals surface area contributed by atoms with E-state index < -0.39 is 0 Å². The maximum absolute atomic E-state index is 5.53. The smallest absolute Gasteiger partial charge is 0.137 e. The molecular formula is C20H25N5O. The Kier molecular flexibility index (Phi) is 5.02. The minimum Gasteiger partial charge on any atom is -0.464 e. The molecular weight excluding hydrogens is 326 g/mol. The topological polar surface area (TPSA) is 59.1 Å². The Bertz CT molecular complexity index is 791. The lowest BCUT2D eigenvalue weighted by Crippen LogP contribution is -2.46. The third-order valence-corrected chi connectivity index (χ3v) is 4.96. The SMILES string of the molecule is CC(Cn1cncn1)NC1CCN(c2cccc(-c3ccco3)c2)CC1. The van der Waals surface area contributed by atoms with E-state index >= 15 is 0 Å². The summed E-state index contributed by atoms with van der Waals surface area (Å²) in [4.78, 5) is 6.47. The van der Waals surface area contributed by atoms with E-state index in [0.29, 0.717) is 12.1 Å². The lowest BCUT2D eigenvalue weighted by atomic mass is 10.0. The molecule has 0 bridgehead atoms. The van der Waals surface area contributed by atoms with Crippen molar-refractivity contribution in [3.05, 3.63) is 55.3 Å². The van der Waals surface area contributed by atoms with Gasteiger partial charge in [0.05, 0.1) is 12.8 Å². The van der Waals surface area contributed by atoms with E-state index in [1.807, 2.05) is 16.8 Å². The number of aromatic nitrogens is 3. The number of anilines is 1. The summed E-state index contributed by atoms with van der Waals surface area (Å²) < 4.78 is 7.41. The van der Waals surface area contributed by atoms with Crippen LogP contribution < -0.4 is 10.2 Å². The monoisotopic (exact) mass is 351 g/mol. The Morgan fingerprint density at radius 1 is 1.23 bits per heavy atom. The third kappa shape index (κ3) is 3.96. The van der Waals surface area contributed by atoms with Gasteiger partial charge in [-0.2, -0.15) is 5.10 Å². The fourth-order valence-electron chi connectivity index (χ4n) is 3.67. The summed E-state index contributed by atoms with van der Waals surface area (Å²) in [5.74, 6) is 0.922. The zero-order chi connectivity index (χ0) is 17.8. The van der Waals surface area contributed by atoms with Gasteiger partial charge in [-0.3, -0.25) is 4.68 Å². The Morgan fingerprint density at radius 3 is 2.85 bits per heavy atom. The fraction of sp³-hybridized carbons (Fsp3) is 0.400. The summed E-state index contributed by atoms with van der Waals surface area (Å²) in [6, 6.07) is 13.5. The first kappa shape index (κ1) is 16.8. The van der Waals surface area contributed by atoms with Crippen molar-refractivity contribution in [3.63, 3.8) is 0 Å². The van der Waals surface area contributed by atoms with Crippen LogP contribution in [0.5, 0.6) is 0 Å². The van der Waals surface area contributed by atoms with Gasteiger partial charge >= 0.3 is 0 Å². The van der Waals surface area contributed by atoms with Gasteiger partial charge in [0.25, 0.3) is 0 Å². The van der Waals surface area contributed by atoms with Crippen LogP contribution in [0.4, 0.5) is 5.69 Å². The average Bonchev–Trinajstić information content (AvgIpc) is 3.36. The minimum absolute atomic E-state index is 0.385. The quantitative estimate of drug-likeness (QED) is 0.739. The molecule has 1 N–H and O–H groups in total. The Hall–Kier alpha value is -2.60. The molecule has 3 heterocycles. The van der Waals surface area contributed by atoms with E-state index in [2.05, 4.69) is 51.5 Å². The van der Waals surface area contributed by atoms with Gasteiger partial charge < -0.3 is 14.6 Å². The average molecular weight is 351 g/mol. The highest BCUT2D eigenvalue weighted by Crippen LogP contribution is 2.27. The van der Waals surface area contributed by atoms with Crippen molar-refractivity contribution in [2.45, 2.75) is 38.4 Å². The van der Waals surface area contributed by atoms with Crippen molar-refractivity contribution in [1.29, 1.82) is 0 Å². The van der Waals surface area contributed by atoms with Crippen LogP contribution in [0.15, 0.2) is 59.7 Å². The first-order chi connectivity index (χ1) is 12.8. The van der Waals surface area contributed by atoms with Gasteiger partial charge in [-0.05, 0) is 44.0 Å². The molecule has 0 radical (unpaired) electrons. The molecule has 1 aliphatic heterocycles. The van der Waals surface area contributed by atoms with Crippen LogP contribution in [-0.4, -0.2) is 39.9 Å². The van der Waals surface area contributed by atoms with Crippen molar-refractivity contribution < 1.29 is 4.42 Å². The summed E-state index contributed by atoms with van der Waals surface area (Å²) in [6.07, 6.45) is 7.37. The molecule has 1 unspecified atom stereocenters. The Labute approximate surface area is 153 Å². The standard InChI is InChI=1S/C20H25N5O/c1-16(13-25-15-21-14-22-25)23-18-7-9-24(10-8-18)19-5-2-4-17(12-19)20-6-3-11-26-20/h2-6,11-12,14-16,18,23H,7-10,13H2,1H3. The number of hydrogen-bond donors (Lipinski definition) is 1. The van der Waals surface area contributed by atoms with Gasteiger partial charge in [-0.1, -0.05) is 12.1 Å². The highest BCUT2D eigenvalue weighted by atomic mass is 16.3. The maximum Gasteiger partial charge on any atom is 0.137 e. The lowest BCUT2D eigenvalue weighted by molar-refractivity contribution is 0.348. The van der Waals surface area contributed by atoms with Gasteiger partial charge in [0, 0.05) is 36.4 Å². The maximum atomic E-state index is 5.53. The summed E-state index contributed by atoms with van der Waals surface area (Å²) >= 11 is 0. The predicted molar refractivity (Wildman–Crippen MR) is 102 cm³/mol. The van der Waals surface area contributed by atoms with Crippen LogP contribution in [0.1, 0.15) is 19.8 Å². The van der Waals surface area contributed by atoms with E-state index in [-0.39, 0.29) is 0 Å². The van der Waals surface area contributed by atoms with E-state index in [1.165, 1.54) is 5.69 Å². The molecule has 0 aliphatic carbocycles. The molecule has 6 heteroatoms. The lowest BCUT2D eigenvalue weighted by Gasteiger charge is -2.35. The molecule has 1 fully saturated rings. The van der Waals surface area contributed by atoms with Gasteiger partial charge in [-0.25, -0.2) is 4.98 Å². The van der Waals surface area contributed by atoms with Crippen molar-refractivity contribution in [2.24, 2.45) is 0 Å². The van der Waals surface area contributed by atoms with Crippen LogP contribution in [0.3, 0.4) is 0 Å². The molecule has 1 aromatic carbocycles. The second kappa shape index (κ2) is 7.74. The molecule has 0 saturated carbocycles. The first-order valence-corrected chi connectivity index (χ1v) is 9.25. The molecule has 0 amide bonds. The predicted octanol–water partition coefficient (Wildman–Crippen LogP) is 3.19. The number of piperidine rings is 1. The fourth-order valence-corrected chi connectivity index (χ4v) is 3.67. The molecule has 3 aromatic rings. The molecule has 1 saturated heterocycles. The zero-order valence-corrected chi connectivity index (χ0v) is 15.1. The summed E-state index contributed by atoms with van der Waals surface area (Å²) in [7, 11) is 0. The van der Waals surface area contributed by atoms with Crippen LogP contribution in [0, 0.1) is 0 Å². The normalized spacial score (nSPS) is 16.7. The molecule has 0 spiro atoms. The number of nitrogens with zero attached hydrogens (tertiary/aromatic N) is 4. The molecule has 1 atom stereocenters. The van der Waals surface area contributed by atoms with Crippen molar-refractivity contribution in [3.8, 4) is 11.3 Å². The Balaban J connectivity index is 1.31. The van der Waals surface area contributed by atoms with Crippen LogP contribution >= 0.6 is 0 Å². The van der Waals surface area contributed by atoms with E-state index in [9.17, 15) is 0 Å². The van der Waals surface area contributed by atoms with Crippen LogP contribution in [0.25, 0.3) is 11.3 Å². The highest BCUT2D eigenvalue weighted by Gasteiger charge is 2.21. The molecule has 2 aromatic heterocycles. The number of rotatable bonds is 6. The molecule has 26 heavy (non-hydrogen) atoms. The number of hydrogen-bond acceptors (Lipinski definition) is 5. The summed E-state index contributed by atoms with van der Waals surface area (Å²) in [6.45, 7) is 5.19. The zero-order valence-electron chi connectivity index (χ0n) is 15.1. The largest absolute Gasteiger partial charge is 0.464 e. The summed E-state index contributed by atoms with van der Waals surface area (Å²) in [5, 5.41) is 7.91. The van der Waals surface area contributed by atoms with E-state index in [0.717, 1.165) is 43.8 Å². The second-order valence-electron chi connectivity index (χ2n) is 6.97.